The van der Waals surface area contributed by atoms with Gasteiger partial charge in [0.2, 0.25) is 5.91 Å². The molecule has 1 aliphatic heterocycles. The Balaban J connectivity index is 1.96. The summed E-state index contributed by atoms with van der Waals surface area (Å²) >= 11 is 0. The average Bonchev–Trinajstić information content (AvgIpc) is 2.48. The number of piperidine rings is 1. The molecule has 4 heteroatoms. The SMILES string of the molecule is CNC(C)C(=O)Nc1ccc(N2CCCCC2)cc1. The lowest BCUT2D eigenvalue weighted by atomic mass is 10.1. The van der Waals surface area contributed by atoms with Crippen LogP contribution in [0.15, 0.2) is 24.3 Å². The summed E-state index contributed by atoms with van der Waals surface area (Å²) in [6.45, 7) is 4.13. The van der Waals surface area contributed by atoms with Gasteiger partial charge in [0.15, 0.2) is 0 Å². The summed E-state index contributed by atoms with van der Waals surface area (Å²) in [5, 5.41) is 5.83. The van der Waals surface area contributed by atoms with Crippen LogP contribution in [0.2, 0.25) is 0 Å². The smallest absolute Gasteiger partial charge is 0.241 e. The van der Waals surface area contributed by atoms with Gasteiger partial charge >= 0.3 is 0 Å². The van der Waals surface area contributed by atoms with Crippen LogP contribution in [0.25, 0.3) is 0 Å². The number of hydrogen-bond donors (Lipinski definition) is 2. The molecule has 0 aliphatic carbocycles. The first-order valence-corrected chi connectivity index (χ1v) is 7.04. The molecule has 19 heavy (non-hydrogen) atoms. The zero-order valence-electron chi connectivity index (χ0n) is 11.8. The third-order valence-electron chi connectivity index (χ3n) is 3.68. The van der Waals surface area contributed by atoms with Gasteiger partial charge in [-0.2, -0.15) is 0 Å². The molecule has 1 aromatic carbocycles. The van der Waals surface area contributed by atoms with E-state index >= 15 is 0 Å². The molecule has 2 N–H and O–H groups in total. The van der Waals surface area contributed by atoms with Crippen LogP contribution in [0.3, 0.4) is 0 Å². The number of hydrogen-bond acceptors (Lipinski definition) is 3. The van der Waals surface area contributed by atoms with E-state index in [1.165, 1.54) is 24.9 Å². The molecular formula is C15H23N3O. The van der Waals surface area contributed by atoms with E-state index in [4.69, 9.17) is 0 Å². The number of rotatable bonds is 4. The van der Waals surface area contributed by atoms with Gasteiger partial charge in [-0.15, -0.1) is 0 Å². The van der Waals surface area contributed by atoms with Gasteiger partial charge in [0.1, 0.15) is 0 Å². The molecule has 2 rings (SSSR count). The van der Waals surface area contributed by atoms with E-state index in [-0.39, 0.29) is 11.9 Å². The maximum absolute atomic E-state index is 11.7. The molecule has 1 atom stereocenters. The largest absolute Gasteiger partial charge is 0.372 e. The number of benzene rings is 1. The maximum Gasteiger partial charge on any atom is 0.241 e. The highest BCUT2D eigenvalue weighted by Crippen LogP contribution is 2.21. The van der Waals surface area contributed by atoms with E-state index in [0.29, 0.717) is 0 Å². The molecule has 1 heterocycles. The van der Waals surface area contributed by atoms with Crippen molar-refractivity contribution in [3.8, 4) is 0 Å². The molecule has 1 fully saturated rings. The standard InChI is InChI=1S/C15H23N3O/c1-12(16-2)15(19)17-13-6-8-14(9-7-13)18-10-4-3-5-11-18/h6-9,12,16H,3-5,10-11H2,1-2H3,(H,17,19). The number of carbonyl (C=O) groups excluding carboxylic acids is 1. The molecule has 0 bridgehead atoms. The summed E-state index contributed by atoms with van der Waals surface area (Å²) in [7, 11) is 1.78. The number of amides is 1. The molecule has 1 saturated heterocycles. The summed E-state index contributed by atoms with van der Waals surface area (Å²) in [6, 6.07) is 7.95. The van der Waals surface area contributed by atoms with Crippen LogP contribution in [-0.2, 0) is 4.79 Å². The molecule has 1 aromatic rings. The minimum Gasteiger partial charge on any atom is -0.372 e. The highest BCUT2D eigenvalue weighted by molar-refractivity contribution is 5.94. The Kier molecular flexibility index (Phi) is 4.80. The van der Waals surface area contributed by atoms with Crippen molar-refractivity contribution in [3.05, 3.63) is 24.3 Å². The van der Waals surface area contributed by atoms with Crippen molar-refractivity contribution >= 4 is 17.3 Å². The van der Waals surface area contributed by atoms with Crippen molar-refractivity contribution in [3.63, 3.8) is 0 Å². The molecule has 0 spiro atoms. The van der Waals surface area contributed by atoms with Gasteiger partial charge < -0.3 is 15.5 Å². The highest BCUT2D eigenvalue weighted by atomic mass is 16.2. The predicted octanol–water partition coefficient (Wildman–Crippen LogP) is 2.22. The number of nitrogens with one attached hydrogen (secondary N) is 2. The van der Waals surface area contributed by atoms with E-state index in [1.54, 1.807) is 7.05 Å². The zero-order chi connectivity index (χ0) is 13.7. The number of likely N-dealkylation sites (N-methyl/N-ethyl adjacent to an activating group) is 1. The Morgan fingerprint density at radius 3 is 2.37 bits per heavy atom. The minimum atomic E-state index is -0.179. The summed E-state index contributed by atoms with van der Waals surface area (Å²) in [6.07, 6.45) is 3.89. The third-order valence-corrected chi connectivity index (χ3v) is 3.68. The highest BCUT2D eigenvalue weighted by Gasteiger charge is 2.12. The van der Waals surface area contributed by atoms with Crippen molar-refractivity contribution in [1.82, 2.24) is 5.32 Å². The van der Waals surface area contributed by atoms with Crippen molar-refractivity contribution in [2.24, 2.45) is 0 Å². The maximum atomic E-state index is 11.7. The second kappa shape index (κ2) is 6.57. The lowest BCUT2D eigenvalue weighted by molar-refractivity contribution is -0.117. The summed E-state index contributed by atoms with van der Waals surface area (Å²) in [5.74, 6) is -0.00628. The Labute approximate surface area is 115 Å². The number of anilines is 2. The Morgan fingerprint density at radius 1 is 1.16 bits per heavy atom. The van der Waals surface area contributed by atoms with Crippen LogP contribution in [0, 0.1) is 0 Å². The van der Waals surface area contributed by atoms with Crippen LogP contribution < -0.4 is 15.5 Å². The predicted molar refractivity (Wildman–Crippen MR) is 79.7 cm³/mol. The molecule has 0 saturated carbocycles. The first-order valence-electron chi connectivity index (χ1n) is 7.04. The molecule has 1 amide bonds. The lowest BCUT2D eigenvalue weighted by Gasteiger charge is -2.28. The molecule has 1 aliphatic rings. The molecule has 1 unspecified atom stereocenters. The summed E-state index contributed by atoms with van der Waals surface area (Å²) in [5.41, 5.74) is 2.10. The number of carbonyl (C=O) groups is 1. The summed E-state index contributed by atoms with van der Waals surface area (Å²) in [4.78, 5) is 14.2. The minimum absolute atomic E-state index is 0.00628. The van der Waals surface area contributed by atoms with Crippen molar-refractivity contribution in [1.29, 1.82) is 0 Å². The first-order chi connectivity index (χ1) is 9.20. The van der Waals surface area contributed by atoms with Crippen LogP contribution in [-0.4, -0.2) is 32.1 Å². The summed E-state index contributed by atoms with van der Waals surface area (Å²) < 4.78 is 0. The van der Waals surface area contributed by atoms with Gasteiger partial charge in [0.25, 0.3) is 0 Å². The molecule has 104 valence electrons. The van der Waals surface area contributed by atoms with Gasteiger partial charge in [-0.25, -0.2) is 0 Å². The van der Waals surface area contributed by atoms with E-state index in [1.807, 2.05) is 19.1 Å². The van der Waals surface area contributed by atoms with Crippen LogP contribution >= 0.6 is 0 Å². The van der Waals surface area contributed by atoms with Gasteiger partial charge in [0, 0.05) is 24.5 Å². The van der Waals surface area contributed by atoms with E-state index in [0.717, 1.165) is 18.8 Å². The van der Waals surface area contributed by atoms with Crippen LogP contribution in [0.1, 0.15) is 26.2 Å². The van der Waals surface area contributed by atoms with Gasteiger partial charge in [-0.05, 0) is 57.5 Å². The Hall–Kier alpha value is -1.55. The van der Waals surface area contributed by atoms with Crippen molar-refractivity contribution < 1.29 is 4.79 Å². The number of nitrogens with zero attached hydrogens (tertiary/aromatic N) is 1. The first kappa shape index (κ1) is 13.9. The van der Waals surface area contributed by atoms with Gasteiger partial charge in [0.05, 0.1) is 6.04 Å². The van der Waals surface area contributed by atoms with E-state index < -0.39 is 0 Å². The molecule has 4 nitrogen and oxygen atoms in total. The fourth-order valence-electron chi connectivity index (χ4n) is 2.29. The molecular weight excluding hydrogens is 238 g/mol. The fourth-order valence-corrected chi connectivity index (χ4v) is 2.29. The molecule has 0 aromatic heterocycles. The van der Waals surface area contributed by atoms with Crippen molar-refractivity contribution in [2.75, 3.05) is 30.4 Å². The molecule has 0 radical (unpaired) electrons. The zero-order valence-corrected chi connectivity index (χ0v) is 11.8. The lowest BCUT2D eigenvalue weighted by Crippen LogP contribution is -2.35. The van der Waals surface area contributed by atoms with E-state index in [9.17, 15) is 4.79 Å². The topological polar surface area (TPSA) is 44.4 Å². The van der Waals surface area contributed by atoms with E-state index in [2.05, 4.69) is 27.7 Å². The van der Waals surface area contributed by atoms with Crippen LogP contribution in [0.4, 0.5) is 11.4 Å². The monoisotopic (exact) mass is 261 g/mol. The quantitative estimate of drug-likeness (QED) is 0.873. The normalized spacial score (nSPS) is 17.1. The average molecular weight is 261 g/mol. The Bertz CT molecular complexity index is 410. The van der Waals surface area contributed by atoms with Gasteiger partial charge in [-0.1, -0.05) is 0 Å². The second-order valence-corrected chi connectivity index (χ2v) is 5.09. The van der Waals surface area contributed by atoms with Crippen LogP contribution in [0.5, 0.6) is 0 Å². The van der Waals surface area contributed by atoms with Crippen molar-refractivity contribution in [2.45, 2.75) is 32.2 Å². The van der Waals surface area contributed by atoms with Gasteiger partial charge in [-0.3, -0.25) is 4.79 Å². The third kappa shape index (κ3) is 3.70. The Morgan fingerprint density at radius 2 is 1.79 bits per heavy atom. The second-order valence-electron chi connectivity index (χ2n) is 5.09. The fraction of sp³-hybridized carbons (Fsp3) is 0.533.